The van der Waals surface area contributed by atoms with Gasteiger partial charge in [-0.05, 0) is 51.0 Å². The third kappa shape index (κ3) is 3.35. The predicted molar refractivity (Wildman–Crippen MR) is 113 cm³/mol. The van der Waals surface area contributed by atoms with Gasteiger partial charge in [-0.25, -0.2) is 8.42 Å². The molecule has 7 heteroatoms. The largest absolute Gasteiger partial charge is 0.349 e. The second-order valence-electron chi connectivity index (χ2n) is 8.58. The van der Waals surface area contributed by atoms with Crippen LogP contribution in [0.1, 0.15) is 60.5 Å². The van der Waals surface area contributed by atoms with Crippen molar-refractivity contribution in [1.29, 1.82) is 0 Å². The molecule has 1 amide bonds. The van der Waals surface area contributed by atoms with Gasteiger partial charge in [0.1, 0.15) is 5.37 Å². The summed E-state index contributed by atoms with van der Waals surface area (Å²) in [6.45, 7) is 3.43. The Hall–Kier alpha value is -1.53. The molecule has 0 radical (unpaired) electrons. The minimum atomic E-state index is -3.36. The van der Waals surface area contributed by atoms with Crippen molar-refractivity contribution >= 4 is 38.2 Å². The molecule has 2 fully saturated rings. The van der Waals surface area contributed by atoms with Gasteiger partial charge in [-0.2, -0.15) is 0 Å². The number of fused-ring (bicyclic) bond motifs is 3. The highest BCUT2D eigenvalue weighted by molar-refractivity contribution is 7.90. The van der Waals surface area contributed by atoms with E-state index in [1.54, 1.807) is 30.5 Å². The average Bonchev–Trinajstić information content (AvgIpc) is 3.10. The quantitative estimate of drug-likeness (QED) is 0.790. The second-order valence-corrected chi connectivity index (χ2v) is 11.3. The maximum absolute atomic E-state index is 13.3. The van der Waals surface area contributed by atoms with E-state index in [2.05, 4.69) is 5.32 Å². The average molecular weight is 423 g/mol. The fourth-order valence-corrected chi connectivity index (χ4v) is 6.17. The summed E-state index contributed by atoms with van der Waals surface area (Å²) in [6, 6.07) is 5.58. The summed E-state index contributed by atoms with van der Waals surface area (Å²) in [6.07, 6.45) is 7.14. The molecule has 152 valence electrons. The number of halogens is 1. The Morgan fingerprint density at radius 3 is 2.46 bits per heavy atom. The van der Waals surface area contributed by atoms with Crippen LogP contribution in [0.2, 0.25) is 5.02 Å². The number of nitrogens with one attached hydrogen (secondary N) is 1. The number of para-hydroxylation sites is 1. The number of aromatic nitrogens is 1. The Kier molecular flexibility index (Phi) is 4.99. The first-order valence-corrected chi connectivity index (χ1v) is 12.3. The topological polar surface area (TPSA) is 68.2 Å². The van der Waals surface area contributed by atoms with Crippen LogP contribution >= 0.6 is 11.6 Å². The van der Waals surface area contributed by atoms with E-state index in [0.29, 0.717) is 27.2 Å². The molecule has 2 saturated carbocycles. The van der Waals surface area contributed by atoms with Crippen LogP contribution in [0.5, 0.6) is 0 Å². The van der Waals surface area contributed by atoms with Gasteiger partial charge in [-0.3, -0.25) is 4.79 Å². The van der Waals surface area contributed by atoms with Crippen LogP contribution in [0.3, 0.4) is 0 Å². The molecule has 0 saturated heterocycles. The third-order valence-electron chi connectivity index (χ3n) is 6.65. The molecule has 0 aliphatic heterocycles. The molecule has 28 heavy (non-hydrogen) atoms. The Morgan fingerprint density at radius 1 is 1.21 bits per heavy atom. The minimum Gasteiger partial charge on any atom is -0.349 e. The molecule has 0 spiro atoms. The van der Waals surface area contributed by atoms with Crippen LogP contribution in [0.25, 0.3) is 10.9 Å². The summed E-state index contributed by atoms with van der Waals surface area (Å²) in [5.41, 5.74) is 1.77. The Balaban J connectivity index is 1.76. The van der Waals surface area contributed by atoms with Gasteiger partial charge in [0.25, 0.3) is 5.91 Å². The van der Waals surface area contributed by atoms with Gasteiger partial charge in [0, 0.05) is 23.4 Å². The minimum absolute atomic E-state index is 0.129. The van der Waals surface area contributed by atoms with Gasteiger partial charge < -0.3 is 9.88 Å². The first kappa shape index (κ1) is 19.8. The zero-order valence-electron chi connectivity index (χ0n) is 16.5. The predicted octanol–water partition coefficient (Wildman–Crippen LogP) is 4.47. The second kappa shape index (κ2) is 7.06. The van der Waals surface area contributed by atoms with E-state index in [9.17, 15) is 13.2 Å². The lowest BCUT2D eigenvalue weighted by Gasteiger charge is -2.28. The first-order chi connectivity index (χ1) is 13.2. The van der Waals surface area contributed by atoms with Crippen LogP contribution in [-0.2, 0) is 9.84 Å². The Morgan fingerprint density at radius 2 is 1.86 bits per heavy atom. The van der Waals surface area contributed by atoms with Crippen molar-refractivity contribution in [2.24, 2.45) is 11.8 Å². The van der Waals surface area contributed by atoms with Gasteiger partial charge in [0.05, 0.1) is 16.1 Å². The molecule has 1 aromatic heterocycles. The van der Waals surface area contributed by atoms with Gasteiger partial charge in [-0.1, -0.05) is 36.6 Å². The van der Waals surface area contributed by atoms with Crippen molar-refractivity contribution in [2.75, 3.05) is 6.26 Å². The zero-order chi connectivity index (χ0) is 20.2. The van der Waals surface area contributed by atoms with Crippen LogP contribution < -0.4 is 5.32 Å². The van der Waals surface area contributed by atoms with Crippen molar-refractivity contribution in [3.63, 3.8) is 0 Å². The molecule has 2 aliphatic carbocycles. The lowest BCUT2D eigenvalue weighted by atomic mass is 9.85. The van der Waals surface area contributed by atoms with E-state index in [1.165, 1.54) is 25.5 Å². The number of sulfone groups is 1. The van der Waals surface area contributed by atoms with Gasteiger partial charge in [0.15, 0.2) is 9.84 Å². The van der Waals surface area contributed by atoms with Crippen LogP contribution in [-0.4, -0.2) is 31.2 Å². The molecular formula is C21H27ClN2O3S. The number of benzene rings is 1. The number of rotatable bonds is 4. The summed E-state index contributed by atoms with van der Waals surface area (Å²) in [5.74, 6) is 1.33. The molecule has 2 aromatic rings. The van der Waals surface area contributed by atoms with Gasteiger partial charge in [-0.15, -0.1) is 0 Å². The van der Waals surface area contributed by atoms with Crippen molar-refractivity contribution < 1.29 is 13.2 Å². The summed E-state index contributed by atoms with van der Waals surface area (Å²) >= 11 is 6.44. The van der Waals surface area contributed by atoms with Crippen LogP contribution in [0.4, 0.5) is 0 Å². The molecule has 2 bridgehead atoms. The highest BCUT2D eigenvalue weighted by Crippen LogP contribution is 2.42. The van der Waals surface area contributed by atoms with Crippen molar-refractivity contribution in [2.45, 2.75) is 57.4 Å². The molecule has 3 unspecified atom stereocenters. The Bertz CT molecular complexity index is 1030. The molecule has 4 rings (SSSR count). The summed E-state index contributed by atoms with van der Waals surface area (Å²) in [7, 11) is -3.36. The van der Waals surface area contributed by atoms with E-state index >= 15 is 0 Å². The summed E-state index contributed by atoms with van der Waals surface area (Å²) in [4.78, 5) is 13.3. The number of hydrogen-bond acceptors (Lipinski definition) is 3. The number of hydrogen-bond donors (Lipinski definition) is 1. The molecule has 2 aliphatic rings. The monoisotopic (exact) mass is 422 g/mol. The highest BCUT2D eigenvalue weighted by Gasteiger charge is 2.35. The van der Waals surface area contributed by atoms with Crippen molar-refractivity contribution in [3.8, 4) is 0 Å². The standard InChI is InChI=1S/C21H27ClN2O3S/c1-12-19(21(25)23-16-10-14-7-8-15(9-14)11-16)17-5-4-6-18(22)20(17)24(12)13(2)28(3,26)27/h4-6,13-16H,7-11H2,1-3H3,(H,23,25). The van der Waals surface area contributed by atoms with E-state index < -0.39 is 15.2 Å². The zero-order valence-corrected chi connectivity index (χ0v) is 18.1. The SMILES string of the molecule is Cc1c(C(=O)NC2CC3CCC(C3)C2)c2cccc(Cl)c2n1C(C)S(C)(=O)=O. The number of carbonyl (C=O) groups is 1. The third-order valence-corrected chi connectivity index (χ3v) is 8.41. The molecular weight excluding hydrogens is 396 g/mol. The molecule has 1 heterocycles. The fraction of sp³-hybridized carbons (Fsp3) is 0.571. The molecule has 1 N–H and O–H groups in total. The smallest absolute Gasteiger partial charge is 0.253 e. The van der Waals surface area contributed by atoms with E-state index in [1.807, 2.05) is 6.07 Å². The normalized spacial score (nSPS) is 25.8. The number of nitrogens with zero attached hydrogens (tertiary/aromatic N) is 1. The van der Waals surface area contributed by atoms with Gasteiger partial charge in [0.2, 0.25) is 0 Å². The first-order valence-electron chi connectivity index (χ1n) is 9.95. The van der Waals surface area contributed by atoms with Crippen molar-refractivity contribution in [1.82, 2.24) is 9.88 Å². The highest BCUT2D eigenvalue weighted by atomic mass is 35.5. The summed E-state index contributed by atoms with van der Waals surface area (Å²) < 4.78 is 26.2. The molecule has 3 atom stereocenters. The lowest BCUT2D eigenvalue weighted by molar-refractivity contribution is 0.0919. The fourth-order valence-electron chi connectivity index (χ4n) is 5.26. The number of amides is 1. The van der Waals surface area contributed by atoms with E-state index in [-0.39, 0.29) is 11.9 Å². The maximum atomic E-state index is 13.3. The molecule has 5 nitrogen and oxygen atoms in total. The Labute approximate surface area is 171 Å². The lowest BCUT2D eigenvalue weighted by Crippen LogP contribution is -2.39. The van der Waals surface area contributed by atoms with Crippen molar-refractivity contribution in [3.05, 3.63) is 34.5 Å². The van der Waals surface area contributed by atoms with E-state index in [4.69, 9.17) is 11.6 Å². The van der Waals surface area contributed by atoms with Crippen LogP contribution in [0, 0.1) is 18.8 Å². The molecule has 1 aromatic carbocycles. The van der Waals surface area contributed by atoms with Gasteiger partial charge >= 0.3 is 0 Å². The maximum Gasteiger partial charge on any atom is 0.253 e. The summed E-state index contributed by atoms with van der Waals surface area (Å²) in [5, 5.41) is 3.59. The van der Waals surface area contributed by atoms with Crippen LogP contribution in [0.15, 0.2) is 18.2 Å². The van der Waals surface area contributed by atoms with E-state index in [0.717, 1.165) is 24.7 Å². The number of carbonyl (C=O) groups excluding carboxylic acids is 1.